The lowest BCUT2D eigenvalue weighted by Gasteiger charge is -2.33. The van der Waals surface area contributed by atoms with E-state index in [1.54, 1.807) is 6.20 Å². The highest BCUT2D eigenvalue weighted by atomic mass is 19.1. The van der Waals surface area contributed by atoms with Crippen molar-refractivity contribution in [2.24, 2.45) is 11.7 Å². The Kier molecular flexibility index (Phi) is 7.28. The minimum absolute atomic E-state index is 0.0317. The first-order valence-electron chi connectivity index (χ1n) is 12.9. The molecule has 2 N–H and O–H groups in total. The van der Waals surface area contributed by atoms with Gasteiger partial charge in [-0.05, 0) is 61.6 Å². The molecular formula is C27H34F2N6O2. The number of ether oxygens (including phenoxy) is 1. The van der Waals surface area contributed by atoms with Crippen molar-refractivity contribution in [2.45, 2.75) is 57.6 Å². The lowest BCUT2D eigenvalue weighted by molar-refractivity contribution is 0.131. The molecule has 0 aliphatic carbocycles. The topological polar surface area (TPSA) is 93.5 Å². The maximum atomic E-state index is 14.3. The number of aromatic nitrogens is 3. The largest absolute Gasteiger partial charge is 0.489 e. The molecule has 10 heteroatoms. The number of anilines is 2. The minimum Gasteiger partial charge on any atom is -0.489 e. The van der Waals surface area contributed by atoms with Crippen LogP contribution in [-0.2, 0) is 0 Å². The number of halogens is 2. The van der Waals surface area contributed by atoms with E-state index in [9.17, 15) is 8.78 Å². The number of piperidine rings is 1. The standard InChI is InChI=1S/C27H34F2N6O2/c1-16(2)26-32-27(37-33-26)34-10-8-18(9-11-34)17(3)36-20-5-7-25(31-13-20)35-14-22(24(30)15-35)21-12-19(28)4-6-23(21)29/h4-7,12-13,16-18,22,24H,8-11,14-15,30H2,1-3H3. The first-order chi connectivity index (χ1) is 17.8. The molecule has 2 aromatic heterocycles. The van der Waals surface area contributed by atoms with Crippen LogP contribution in [-0.4, -0.2) is 53.4 Å². The van der Waals surface area contributed by atoms with Crippen LogP contribution in [0.25, 0.3) is 0 Å². The maximum absolute atomic E-state index is 14.3. The Morgan fingerprint density at radius 1 is 1.05 bits per heavy atom. The summed E-state index contributed by atoms with van der Waals surface area (Å²) in [5, 5.41) is 4.07. The van der Waals surface area contributed by atoms with E-state index in [4.69, 9.17) is 15.0 Å². The molecule has 2 aliphatic heterocycles. The summed E-state index contributed by atoms with van der Waals surface area (Å²) in [4.78, 5) is 13.2. The number of nitrogens with two attached hydrogens (primary N) is 1. The van der Waals surface area contributed by atoms with Crippen molar-refractivity contribution in [1.82, 2.24) is 15.1 Å². The van der Waals surface area contributed by atoms with Gasteiger partial charge in [-0.1, -0.05) is 19.0 Å². The highest BCUT2D eigenvalue weighted by molar-refractivity contribution is 5.45. The fourth-order valence-electron chi connectivity index (χ4n) is 5.23. The molecule has 0 saturated carbocycles. The molecule has 3 aromatic rings. The number of benzene rings is 1. The lowest BCUT2D eigenvalue weighted by Crippen LogP contribution is -2.38. The molecule has 8 nitrogen and oxygen atoms in total. The molecule has 2 fully saturated rings. The molecule has 5 rings (SSSR count). The number of nitrogens with zero attached hydrogens (tertiary/aromatic N) is 5. The second-order valence-electron chi connectivity index (χ2n) is 10.4. The van der Waals surface area contributed by atoms with Crippen LogP contribution in [0.4, 0.5) is 20.6 Å². The van der Waals surface area contributed by atoms with Crippen LogP contribution in [0, 0.1) is 17.6 Å². The van der Waals surface area contributed by atoms with Crippen LogP contribution in [0.3, 0.4) is 0 Å². The molecule has 1 aromatic carbocycles. The maximum Gasteiger partial charge on any atom is 0.324 e. The van der Waals surface area contributed by atoms with Gasteiger partial charge in [0.2, 0.25) is 0 Å². The molecule has 3 unspecified atom stereocenters. The van der Waals surface area contributed by atoms with Gasteiger partial charge in [-0.25, -0.2) is 13.8 Å². The summed E-state index contributed by atoms with van der Waals surface area (Å²) in [6.07, 6.45) is 3.68. The second kappa shape index (κ2) is 10.6. The zero-order valence-electron chi connectivity index (χ0n) is 21.5. The van der Waals surface area contributed by atoms with Crippen molar-refractivity contribution in [3.8, 4) is 5.75 Å². The number of rotatable bonds is 7. The molecule has 2 saturated heterocycles. The molecule has 0 spiro atoms. The predicted octanol–water partition coefficient (Wildman–Crippen LogP) is 4.48. The Morgan fingerprint density at radius 2 is 1.84 bits per heavy atom. The van der Waals surface area contributed by atoms with Crippen LogP contribution in [0.5, 0.6) is 5.75 Å². The van der Waals surface area contributed by atoms with Gasteiger partial charge in [-0.2, -0.15) is 4.98 Å². The third-order valence-electron chi connectivity index (χ3n) is 7.51. The number of pyridine rings is 1. The molecule has 0 bridgehead atoms. The van der Waals surface area contributed by atoms with E-state index in [2.05, 4.69) is 26.9 Å². The molecule has 4 heterocycles. The van der Waals surface area contributed by atoms with Crippen molar-refractivity contribution >= 4 is 11.8 Å². The van der Waals surface area contributed by atoms with E-state index in [0.29, 0.717) is 36.3 Å². The van der Waals surface area contributed by atoms with Gasteiger partial charge in [-0.3, -0.25) is 0 Å². The Balaban J connectivity index is 1.15. The van der Waals surface area contributed by atoms with Crippen molar-refractivity contribution in [3.63, 3.8) is 0 Å². The van der Waals surface area contributed by atoms with Crippen LogP contribution >= 0.6 is 0 Å². The monoisotopic (exact) mass is 512 g/mol. The molecule has 0 radical (unpaired) electrons. The quantitative estimate of drug-likeness (QED) is 0.495. The van der Waals surface area contributed by atoms with Gasteiger partial charge in [0.25, 0.3) is 0 Å². The molecular weight excluding hydrogens is 478 g/mol. The Hall–Kier alpha value is -3.27. The summed E-state index contributed by atoms with van der Waals surface area (Å²) in [6, 6.07) is 7.60. The van der Waals surface area contributed by atoms with Crippen molar-refractivity contribution in [3.05, 3.63) is 59.6 Å². The van der Waals surface area contributed by atoms with Crippen molar-refractivity contribution in [1.29, 1.82) is 0 Å². The first kappa shape index (κ1) is 25.4. The highest BCUT2D eigenvalue weighted by Crippen LogP contribution is 2.32. The van der Waals surface area contributed by atoms with Gasteiger partial charge in [0.1, 0.15) is 23.2 Å². The zero-order chi connectivity index (χ0) is 26.1. The third kappa shape index (κ3) is 5.53. The second-order valence-corrected chi connectivity index (χ2v) is 10.4. The van der Waals surface area contributed by atoms with Gasteiger partial charge in [-0.15, -0.1) is 0 Å². The minimum atomic E-state index is -0.462. The van der Waals surface area contributed by atoms with E-state index < -0.39 is 11.6 Å². The Morgan fingerprint density at radius 3 is 2.51 bits per heavy atom. The van der Waals surface area contributed by atoms with Crippen LogP contribution < -0.4 is 20.3 Å². The first-order valence-corrected chi connectivity index (χ1v) is 12.9. The summed E-state index contributed by atoms with van der Waals surface area (Å²) < 4.78 is 39.7. The van der Waals surface area contributed by atoms with E-state index in [1.165, 1.54) is 6.07 Å². The zero-order valence-corrected chi connectivity index (χ0v) is 21.5. The van der Waals surface area contributed by atoms with Crippen LogP contribution in [0.1, 0.15) is 56.8 Å². The molecule has 2 aliphatic rings. The number of hydrogen-bond acceptors (Lipinski definition) is 8. The number of hydrogen-bond donors (Lipinski definition) is 1. The summed E-state index contributed by atoms with van der Waals surface area (Å²) >= 11 is 0. The lowest BCUT2D eigenvalue weighted by atomic mass is 9.92. The van der Waals surface area contributed by atoms with Crippen molar-refractivity contribution in [2.75, 3.05) is 36.0 Å². The fraction of sp³-hybridized carbons (Fsp3) is 0.519. The predicted molar refractivity (Wildman–Crippen MR) is 137 cm³/mol. The summed E-state index contributed by atoms with van der Waals surface area (Å²) in [6.45, 7) is 8.87. The average Bonchev–Trinajstić information content (AvgIpc) is 3.54. The fourth-order valence-corrected chi connectivity index (χ4v) is 5.23. The van der Waals surface area contributed by atoms with Crippen molar-refractivity contribution < 1.29 is 18.0 Å². The van der Waals surface area contributed by atoms with E-state index in [-0.39, 0.29) is 24.0 Å². The normalized spacial score (nSPS) is 21.6. The molecule has 3 atom stereocenters. The summed E-state index contributed by atoms with van der Waals surface area (Å²) in [7, 11) is 0. The smallest absolute Gasteiger partial charge is 0.324 e. The Labute approximate surface area is 215 Å². The van der Waals surface area contributed by atoms with E-state index >= 15 is 0 Å². The molecule has 198 valence electrons. The summed E-state index contributed by atoms with van der Waals surface area (Å²) in [5.41, 5.74) is 6.61. The third-order valence-corrected chi connectivity index (χ3v) is 7.51. The Bertz CT molecular complexity index is 1200. The van der Waals surface area contributed by atoms with Gasteiger partial charge >= 0.3 is 6.01 Å². The van der Waals surface area contributed by atoms with Gasteiger partial charge in [0, 0.05) is 44.1 Å². The molecule has 0 amide bonds. The SMILES string of the molecule is CC(C)c1noc(N2CCC(C(C)Oc3ccc(N4CC(N)C(c5cc(F)ccc5F)C4)nc3)CC2)n1. The van der Waals surface area contributed by atoms with Gasteiger partial charge in [0.15, 0.2) is 5.82 Å². The highest BCUT2D eigenvalue weighted by Gasteiger charge is 2.34. The van der Waals surface area contributed by atoms with Gasteiger partial charge in [0.05, 0.1) is 12.3 Å². The van der Waals surface area contributed by atoms with Crippen LogP contribution in [0.15, 0.2) is 41.1 Å². The van der Waals surface area contributed by atoms with E-state index in [0.717, 1.165) is 49.7 Å². The van der Waals surface area contributed by atoms with Gasteiger partial charge < -0.3 is 24.8 Å². The molecule has 37 heavy (non-hydrogen) atoms. The summed E-state index contributed by atoms with van der Waals surface area (Å²) in [5.74, 6) is 1.62. The van der Waals surface area contributed by atoms with E-state index in [1.807, 2.05) is 30.9 Å². The van der Waals surface area contributed by atoms with Crippen LogP contribution in [0.2, 0.25) is 0 Å². The average molecular weight is 513 g/mol.